The lowest BCUT2D eigenvalue weighted by molar-refractivity contribution is 0.0785. The lowest BCUT2D eigenvalue weighted by Gasteiger charge is -2.17. The Hall–Kier alpha value is -2.00. The van der Waals surface area contributed by atoms with Crippen molar-refractivity contribution in [2.24, 2.45) is 0 Å². The van der Waals surface area contributed by atoms with Gasteiger partial charge in [0.05, 0.1) is 0 Å². The number of hydrogen-bond acceptors (Lipinski definition) is 2. The molecule has 2 aromatic carbocycles. The molecule has 0 aromatic heterocycles. The number of nitrogens with two attached hydrogens (primary N) is 1. The van der Waals surface area contributed by atoms with Crippen molar-refractivity contribution in [1.29, 1.82) is 0 Å². The average molecular weight is 275 g/mol. The lowest BCUT2D eigenvalue weighted by Crippen LogP contribution is -2.26. The number of nitrogen functional groups attached to an aromatic ring is 1. The molecule has 2 rings (SSSR count). The molecule has 19 heavy (non-hydrogen) atoms. The van der Waals surface area contributed by atoms with Crippen LogP contribution in [0.1, 0.15) is 15.9 Å². The number of amides is 1. The molecule has 3 nitrogen and oxygen atoms in total. The molecule has 0 aliphatic carbocycles. The van der Waals surface area contributed by atoms with Crippen LogP contribution in [0.25, 0.3) is 0 Å². The van der Waals surface area contributed by atoms with Gasteiger partial charge in [0.15, 0.2) is 0 Å². The van der Waals surface area contributed by atoms with Gasteiger partial charge in [-0.3, -0.25) is 4.79 Å². The predicted octanol–water partition coefficient (Wildman–Crippen LogP) is 3.19. The maximum absolute atomic E-state index is 12.2. The molecule has 0 bridgehead atoms. The monoisotopic (exact) mass is 274 g/mol. The number of nitrogens with zero attached hydrogens (tertiary/aromatic N) is 1. The molecule has 0 atom stereocenters. The van der Waals surface area contributed by atoms with Crippen molar-refractivity contribution in [3.8, 4) is 0 Å². The van der Waals surface area contributed by atoms with E-state index in [0.717, 1.165) is 5.56 Å². The van der Waals surface area contributed by atoms with Crippen LogP contribution >= 0.6 is 11.6 Å². The third-order valence-electron chi connectivity index (χ3n) is 2.81. The van der Waals surface area contributed by atoms with Crippen LogP contribution in [0.2, 0.25) is 5.02 Å². The Bertz CT molecular complexity index is 581. The summed E-state index contributed by atoms with van der Waals surface area (Å²) in [5, 5.41) is 0.672. The molecule has 0 saturated carbocycles. The Kier molecular flexibility index (Phi) is 4.07. The van der Waals surface area contributed by atoms with Crippen LogP contribution < -0.4 is 5.73 Å². The molecule has 0 saturated heterocycles. The quantitative estimate of drug-likeness (QED) is 0.874. The van der Waals surface area contributed by atoms with Crippen LogP contribution in [0.3, 0.4) is 0 Å². The summed E-state index contributed by atoms with van der Waals surface area (Å²) in [7, 11) is 1.76. The van der Waals surface area contributed by atoms with E-state index in [-0.39, 0.29) is 5.91 Å². The molecule has 4 heteroatoms. The maximum atomic E-state index is 12.2. The van der Waals surface area contributed by atoms with Crippen LogP contribution in [0.5, 0.6) is 0 Å². The Morgan fingerprint density at radius 2 is 1.89 bits per heavy atom. The molecule has 0 fully saturated rings. The van der Waals surface area contributed by atoms with Crippen molar-refractivity contribution < 1.29 is 4.79 Å². The largest absolute Gasteiger partial charge is 0.399 e. The molecule has 0 spiro atoms. The third kappa shape index (κ3) is 3.48. The second-order valence-electron chi connectivity index (χ2n) is 4.41. The standard InChI is InChI=1S/C15H15ClN2O/c1-18(10-11-3-2-4-13(16)9-11)15(19)12-5-7-14(17)8-6-12/h2-9H,10,17H2,1H3. The van der Waals surface area contributed by atoms with Gasteiger partial charge in [-0.15, -0.1) is 0 Å². The van der Waals surface area contributed by atoms with E-state index in [1.165, 1.54) is 0 Å². The fourth-order valence-electron chi connectivity index (χ4n) is 1.83. The van der Waals surface area contributed by atoms with Crippen molar-refractivity contribution in [1.82, 2.24) is 4.90 Å². The van der Waals surface area contributed by atoms with Gasteiger partial charge in [-0.1, -0.05) is 23.7 Å². The fourth-order valence-corrected chi connectivity index (χ4v) is 2.04. The maximum Gasteiger partial charge on any atom is 0.253 e. The first kappa shape index (κ1) is 13.4. The zero-order valence-electron chi connectivity index (χ0n) is 10.6. The molecule has 98 valence electrons. The summed E-state index contributed by atoms with van der Waals surface area (Å²) in [4.78, 5) is 13.8. The van der Waals surface area contributed by atoms with Gasteiger partial charge in [0, 0.05) is 29.9 Å². The summed E-state index contributed by atoms with van der Waals surface area (Å²) in [6, 6.07) is 14.4. The summed E-state index contributed by atoms with van der Waals surface area (Å²) in [5.41, 5.74) is 7.87. The minimum Gasteiger partial charge on any atom is -0.399 e. The molecule has 0 aliphatic rings. The summed E-state index contributed by atoms with van der Waals surface area (Å²) in [6.07, 6.45) is 0. The number of carbonyl (C=O) groups excluding carboxylic acids is 1. The molecule has 0 heterocycles. The molecule has 2 aromatic rings. The summed E-state index contributed by atoms with van der Waals surface area (Å²) in [5.74, 6) is -0.0417. The average Bonchev–Trinajstić information content (AvgIpc) is 2.39. The number of rotatable bonds is 3. The number of benzene rings is 2. The Balaban J connectivity index is 2.09. The van der Waals surface area contributed by atoms with Gasteiger partial charge < -0.3 is 10.6 Å². The zero-order chi connectivity index (χ0) is 13.8. The minimum absolute atomic E-state index is 0.0417. The van der Waals surface area contributed by atoms with Gasteiger partial charge in [-0.25, -0.2) is 0 Å². The van der Waals surface area contributed by atoms with Gasteiger partial charge in [0.1, 0.15) is 0 Å². The van der Waals surface area contributed by atoms with Crippen LogP contribution in [0.15, 0.2) is 48.5 Å². The zero-order valence-corrected chi connectivity index (χ0v) is 11.4. The number of carbonyl (C=O) groups is 1. The Labute approximate surface area is 117 Å². The van der Waals surface area contributed by atoms with Crippen molar-refractivity contribution in [3.05, 3.63) is 64.7 Å². The highest BCUT2D eigenvalue weighted by atomic mass is 35.5. The minimum atomic E-state index is -0.0417. The Morgan fingerprint density at radius 1 is 1.21 bits per heavy atom. The predicted molar refractivity (Wildman–Crippen MR) is 78.1 cm³/mol. The highest BCUT2D eigenvalue weighted by Gasteiger charge is 2.11. The first-order chi connectivity index (χ1) is 9.06. The van der Waals surface area contributed by atoms with Crippen LogP contribution in [-0.2, 0) is 6.54 Å². The lowest BCUT2D eigenvalue weighted by atomic mass is 10.1. The SMILES string of the molecule is CN(Cc1cccc(Cl)c1)C(=O)c1ccc(N)cc1. The van der Waals surface area contributed by atoms with Crippen LogP contribution in [-0.4, -0.2) is 17.9 Å². The smallest absolute Gasteiger partial charge is 0.253 e. The topological polar surface area (TPSA) is 46.3 Å². The van der Waals surface area contributed by atoms with E-state index in [1.807, 2.05) is 24.3 Å². The second kappa shape index (κ2) is 5.76. The van der Waals surface area contributed by atoms with Crippen molar-refractivity contribution in [3.63, 3.8) is 0 Å². The van der Waals surface area contributed by atoms with E-state index in [1.54, 1.807) is 36.2 Å². The number of halogens is 1. The van der Waals surface area contributed by atoms with E-state index < -0.39 is 0 Å². The highest BCUT2D eigenvalue weighted by Crippen LogP contribution is 2.14. The first-order valence-corrected chi connectivity index (χ1v) is 6.29. The first-order valence-electron chi connectivity index (χ1n) is 5.92. The van der Waals surface area contributed by atoms with E-state index in [4.69, 9.17) is 17.3 Å². The van der Waals surface area contributed by atoms with Gasteiger partial charge >= 0.3 is 0 Å². The normalized spacial score (nSPS) is 10.2. The molecular weight excluding hydrogens is 260 g/mol. The van der Waals surface area contributed by atoms with Gasteiger partial charge in [0.2, 0.25) is 0 Å². The van der Waals surface area contributed by atoms with Crippen LogP contribution in [0, 0.1) is 0 Å². The molecular formula is C15H15ClN2O. The van der Waals surface area contributed by atoms with Gasteiger partial charge in [-0.2, -0.15) is 0 Å². The number of hydrogen-bond donors (Lipinski definition) is 1. The van der Waals surface area contributed by atoms with Crippen molar-refractivity contribution in [2.45, 2.75) is 6.54 Å². The van der Waals surface area contributed by atoms with Crippen molar-refractivity contribution >= 4 is 23.2 Å². The molecule has 0 unspecified atom stereocenters. The molecule has 2 N–H and O–H groups in total. The highest BCUT2D eigenvalue weighted by molar-refractivity contribution is 6.30. The fraction of sp³-hybridized carbons (Fsp3) is 0.133. The van der Waals surface area contributed by atoms with E-state index in [0.29, 0.717) is 22.8 Å². The Morgan fingerprint density at radius 3 is 2.53 bits per heavy atom. The van der Waals surface area contributed by atoms with Gasteiger partial charge in [-0.05, 0) is 42.0 Å². The number of anilines is 1. The van der Waals surface area contributed by atoms with Crippen molar-refractivity contribution in [2.75, 3.05) is 12.8 Å². The molecule has 1 amide bonds. The van der Waals surface area contributed by atoms with Crippen LogP contribution in [0.4, 0.5) is 5.69 Å². The summed E-state index contributed by atoms with van der Waals surface area (Å²) >= 11 is 5.92. The molecule has 0 aliphatic heterocycles. The van der Waals surface area contributed by atoms with E-state index >= 15 is 0 Å². The van der Waals surface area contributed by atoms with Gasteiger partial charge in [0.25, 0.3) is 5.91 Å². The third-order valence-corrected chi connectivity index (χ3v) is 3.05. The molecule has 0 radical (unpaired) electrons. The van der Waals surface area contributed by atoms with E-state index in [9.17, 15) is 4.79 Å². The van der Waals surface area contributed by atoms with E-state index in [2.05, 4.69) is 0 Å². The second-order valence-corrected chi connectivity index (χ2v) is 4.85. The summed E-state index contributed by atoms with van der Waals surface area (Å²) < 4.78 is 0. The summed E-state index contributed by atoms with van der Waals surface area (Å²) in [6.45, 7) is 0.518.